The minimum absolute atomic E-state index is 0.536. The van der Waals surface area contributed by atoms with Crippen LogP contribution in [0.4, 0.5) is 5.69 Å². The molecule has 0 aliphatic carbocycles. The zero-order valence-corrected chi connectivity index (χ0v) is 16.0. The molecule has 1 aliphatic rings. The van der Waals surface area contributed by atoms with Gasteiger partial charge in [0.1, 0.15) is 0 Å². The van der Waals surface area contributed by atoms with E-state index in [0.29, 0.717) is 27.9 Å². The fraction of sp³-hybridized carbons (Fsp3) is 0.588. The van der Waals surface area contributed by atoms with Crippen molar-refractivity contribution in [2.75, 3.05) is 12.3 Å². The van der Waals surface area contributed by atoms with Crippen molar-refractivity contribution in [3.05, 3.63) is 28.2 Å². The van der Waals surface area contributed by atoms with Crippen molar-refractivity contribution in [2.45, 2.75) is 40.2 Å². The third kappa shape index (κ3) is 4.56. The van der Waals surface area contributed by atoms with Gasteiger partial charge in [0.2, 0.25) is 0 Å². The molecule has 1 saturated heterocycles. The summed E-state index contributed by atoms with van der Waals surface area (Å²) in [6.07, 6.45) is 1.20. The highest BCUT2D eigenvalue weighted by Crippen LogP contribution is 2.36. The SMILES string of the molecule is CC(C)C[C@H]1CS/C(=N\c2cccc(Cl)c2Cl)N1CC(C)C. The lowest BCUT2D eigenvalue weighted by molar-refractivity contribution is 0.279. The van der Waals surface area contributed by atoms with Crippen LogP contribution in [0.5, 0.6) is 0 Å². The summed E-state index contributed by atoms with van der Waals surface area (Å²) in [6, 6.07) is 6.17. The van der Waals surface area contributed by atoms with Gasteiger partial charge in [-0.3, -0.25) is 0 Å². The van der Waals surface area contributed by atoms with Gasteiger partial charge < -0.3 is 4.90 Å². The third-order valence-corrected chi connectivity index (χ3v) is 5.49. The number of nitrogens with zero attached hydrogens (tertiary/aromatic N) is 2. The summed E-state index contributed by atoms with van der Waals surface area (Å²) in [7, 11) is 0. The number of rotatable bonds is 5. The van der Waals surface area contributed by atoms with Gasteiger partial charge in [-0.1, -0.05) is 68.7 Å². The van der Waals surface area contributed by atoms with Crippen LogP contribution in [-0.4, -0.2) is 28.4 Å². The fourth-order valence-electron chi connectivity index (χ4n) is 2.64. The topological polar surface area (TPSA) is 15.6 Å². The van der Waals surface area contributed by atoms with E-state index in [4.69, 9.17) is 28.2 Å². The number of hydrogen-bond acceptors (Lipinski definition) is 2. The highest BCUT2D eigenvalue weighted by atomic mass is 35.5. The van der Waals surface area contributed by atoms with E-state index >= 15 is 0 Å². The molecule has 22 heavy (non-hydrogen) atoms. The molecule has 2 nitrogen and oxygen atoms in total. The largest absolute Gasteiger partial charge is 0.347 e. The minimum Gasteiger partial charge on any atom is -0.347 e. The number of halogens is 2. The predicted octanol–water partition coefficient (Wildman–Crippen LogP) is 6.10. The first-order valence-corrected chi connectivity index (χ1v) is 9.54. The van der Waals surface area contributed by atoms with Gasteiger partial charge in [0, 0.05) is 18.3 Å². The standard InChI is InChI=1S/C17H24Cl2N2S/c1-11(2)8-13-10-22-17(21(13)9-12(3)4)20-15-7-5-6-14(18)16(15)19/h5-7,11-13H,8-10H2,1-4H3/b20-17-/t13-/m0/s1. The maximum absolute atomic E-state index is 6.28. The Morgan fingerprint density at radius 1 is 1.23 bits per heavy atom. The van der Waals surface area contributed by atoms with E-state index in [9.17, 15) is 0 Å². The highest BCUT2D eigenvalue weighted by molar-refractivity contribution is 8.14. The smallest absolute Gasteiger partial charge is 0.164 e. The van der Waals surface area contributed by atoms with Crippen LogP contribution < -0.4 is 0 Å². The third-order valence-electron chi connectivity index (χ3n) is 3.54. The molecule has 0 aromatic heterocycles. The summed E-state index contributed by atoms with van der Waals surface area (Å²) in [5.74, 6) is 2.39. The number of thioether (sulfide) groups is 1. The van der Waals surface area contributed by atoms with Crippen LogP contribution in [-0.2, 0) is 0 Å². The first-order valence-electron chi connectivity index (χ1n) is 7.80. The number of aliphatic imine (C=N–C) groups is 1. The lowest BCUT2D eigenvalue weighted by Crippen LogP contribution is -2.37. The molecule has 1 aromatic carbocycles. The van der Waals surface area contributed by atoms with Crippen molar-refractivity contribution in [3.63, 3.8) is 0 Å². The molecule has 2 rings (SSSR count). The minimum atomic E-state index is 0.536. The van der Waals surface area contributed by atoms with Gasteiger partial charge in [-0.15, -0.1) is 0 Å². The van der Waals surface area contributed by atoms with Crippen LogP contribution in [0.1, 0.15) is 34.1 Å². The molecule has 0 radical (unpaired) electrons. The average molecular weight is 359 g/mol. The van der Waals surface area contributed by atoms with Gasteiger partial charge in [-0.2, -0.15) is 0 Å². The quantitative estimate of drug-likeness (QED) is 0.631. The van der Waals surface area contributed by atoms with Crippen molar-refractivity contribution in [2.24, 2.45) is 16.8 Å². The fourth-order valence-corrected chi connectivity index (χ4v) is 4.19. The molecule has 0 amide bonds. The molecule has 5 heteroatoms. The van der Waals surface area contributed by atoms with Gasteiger partial charge in [0.15, 0.2) is 5.17 Å². The van der Waals surface area contributed by atoms with Crippen molar-refractivity contribution in [1.29, 1.82) is 0 Å². The van der Waals surface area contributed by atoms with Crippen LogP contribution in [0, 0.1) is 11.8 Å². The molecular formula is C17H24Cl2N2S. The lowest BCUT2D eigenvalue weighted by Gasteiger charge is -2.28. The average Bonchev–Trinajstić information content (AvgIpc) is 2.76. The Morgan fingerprint density at radius 2 is 1.95 bits per heavy atom. The summed E-state index contributed by atoms with van der Waals surface area (Å²) >= 11 is 14.2. The number of benzene rings is 1. The molecular weight excluding hydrogens is 335 g/mol. The van der Waals surface area contributed by atoms with E-state index in [2.05, 4.69) is 32.6 Å². The summed E-state index contributed by atoms with van der Waals surface area (Å²) in [4.78, 5) is 7.25. The lowest BCUT2D eigenvalue weighted by atomic mass is 10.0. The Hall–Kier alpha value is -0.380. The maximum Gasteiger partial charge on any atom is 0.164 e. The van der Waals surface area contributed by atoms with E-state index in [-0.39, 0.29) is 0 Å². The van der Waals surface area contributed by atoms with Crippen LogP contribution in [0.2, 0.25) is 10.0 Å². The second-order valence-electron chi connectivity index (χ2n) is 6.61. The molecule has 1 aliphatic heterocycles. The molecule has 0 bridgehead atoms. The Bertz CT molecular complexity index is 543. The van der Waals surface area contributed by atoms with E-state index in [1.165, 1.54) is 6.42 Å². The van der Waals surface area contributed by atoms with Crippen LogP contribution in [0.25, 0.3) is 0 Å². The number of amidine groups is 1. The molecule has 1 heterocycles. The van der Waals surface area contributed by atoms with Gasteiger partial charge in [-0.25, -0.2) is 4.99 Å². The molecule has 1 fully saturated rings. The Labute approximate surface area is 148 Å². The molecule has 0 spiro atoms. The van der Waals surface area contributed by atoms with Gasteiger partial charge in [-0.05, 0) is 30.4 Å². The van der Waals surface area contributed by atoms with Crippen molar-refractivity contribution in [3.8, 4) is 0 Å². The maximum atomic E-state index is 6.28. The van der Waals surface area contributed by atoms with E-state index in [1.54, 1.807) is 6.07 Å². The zero-order chi connectivity index (χ0) is 16.3. The van der Waals surface area contributed by atoms with Gasteiger partial charge in [0.25, 0.3) is 0 Å². The molecule has 0 N–H and O–H groups in total. The molecule has 0 saturated carbocycles. The normalized spacial score (nSPS) is 20.6. The van der Waals surface area contributed by atoms with E-state index in [0.717, 1.165) is 23.2 Å². The highest BCUT2D eigenvalue weighted by Gasteiger charge is 2.31. The first kappa shape index (κ1) is 18.0. The van der Waals surface area contributed by atoms with Gasteiger partial charge in [0.05, 0.1) is 15.7 Å². The predicted molar refractivity (Wildman–Crippen MR) is 101 cm³/mol. The van der Waals surface area contributed by atoms with E-state index < -0.39 is 0 Å². The molecule has 0 unspecified atom stereocenters. The Balaban J connectivity index is 2.27. The monoisotopic (exact) mass is 358 g/mol. The van der Waals surface area contributed by atoms with Gasteiger partial charge >= 0.3 is 0 Å². The summed E-state index contributed by atoms with van der Waals surface area (Å²) in [5.41, 5.74) is 0.760. The van der Waals surface area contributed by atoms with Crippen molar-refractivity contribution < 1.29 is 0 Å². The van der Waals surface area contributed by atoms with E-state index in [1.807, 2.05) is 23.9 Å². The Kier molecular flexibility index (Phi) is 6.48. The second-order valence-corrected chi connectivity index (χ2v) is 8.38. The first-order chi connectivity index (χ1) is 10.4. The second kappa shape index (κ2) is 7.94. The van der Waals surface area contributed by atoms with Crippen molar-refractivity contribution in [1.82, 2.24) is 4.90 Å². The summed E-state index contributed by atoms with van der Waals surface area (Å²) in [6.45, 7) is 10.1. The molecule has 122 valence electrons. The number of hydrogen-bond donors (Lipinski definition) is 0. The molecule has 1 atom stereocenters. The summed E-state index contributed by atoms with van der Waals surface area (Å²) in [5, 5.41) is 2.17. The zero-order valence-electron chi connectivity index (χ0n) is 13.6. The molecule has 1 aromatic rings. The van der Waals surface area contributed by atoms with Crippen LogP contribution in [0.3, 0.4) is 0 Å². The Morgan fingerprint density at radius 3 is 2.59 bits per heavy atom. The van der Waals surface area contributed by atoms with Crippen molar-refractivity contribution >= 4 is 45.8 Å². The van der Waals surface area contributed by atoms with Crippen LogP contribution in [0.15, 0.2) is 23.2 Å². The summed E-state index contributed by atoms with van der Waals surface area (Å²) < 4.78 is 0. The van der Waals surface area contributed by atoms with Crippen LogP contribution >= 0.6 is 35.0 Å².